The van der Waals surface area contributed by atoms with Crippen LogP contribution in [0.4, 0.5) is 0 Å². The molecule has 0 aliphatic carbocycles. The van der Waals surface area contributed by atoms with Gasteiger partial charge in [-0.15, -0.1) is 11.3 Å². The average Bonchev–Trinajstić information content (AvgIpc) is 2.90. The molecule has 0 aromatic carbocycles. The first-order chi connectivity index (χ1) is 8.27. The van der Waals surface area contributed by atoms with Crippen LogP contribution < -0.4 is 5.32 Å². The van der Waals surface area contributed by atoms with E-state index in [1.165, 1.54) is 11.3 Å². The van der Waals surface area contributed by atoms with Crippen molar-refractivity contribution in [3.8, 4) is 0 Å². The largest absolute Gasteiger partial charge is 0.386 e. The van der Waals surface area contributed by atoms with Crippen molar-refractivity contribution in [1.82, 2.24) is 10.3 Å². The van der Waals surface area contributed by atoms with Gasteiger partial charge in [-0.1, -0.05) is 12.1 Å². The van der Waals surface area contributed by atoms with E-state index >= 15 is 0 Å². The number of nitrogens with zero attached hydrogens (tertiary/aromatic N) is 1. The van der Waals surface area contributed by atoms with Gasteiger partial charge in [-0.25, -0.2) is 0 Å². The highest BCUT2D eigenvalue weighted by molar-refractivity contribution is 7.10. The van der Waals surface area contributed by atoms with Crippen LogP contribution in [-0.2, 0) is 0 Å². The Labute approximate surface area is 103 Å². The first-order valence-corrected chi connectivity index (χ1v) is 6.06. The molecule has 2 aromatic heterocycles. The fourth-order valence-corrected chi connectivity index (χ4v) is 2.07. The second-order valence-corrected chi connectivity index (χ2v) is 4.44. The van der Waals surface area contributed by atoms with E-state index in [0.29, 0.717) is 5.69 Å². The van der Waals surface area contributed by atoms with Crippen LogP contribution in [0.25, 0.3) is 0 Å². The second kappa shape index (κ2) is 5.56. The number of carbonyl (C=O) groups excluding carboxylic acids is 1. The lowest BCUT2D eigenvalue weighted by molar-refractivity contribution is 0.0913. The normalized spacial score (nSPS) is 12.1. The van der Waals surface area contributed by atoms with Crippen LogP contribution in [0, 0.1) is 0 Å². The number of pyridine rings is 1. The first kappa shape index (κ1) is 11.8. The molecular weight excluding hydrogens is 236 g/mol. The monoisotopic (exact) mass is 248 g/mol. The third kappa shape index (κ3) is 3.12. The molecule has 0 saturated heterocycles. The van der Waals surface area contributed by atoms with Crippen molar-refractivity contribution in [1.29, 1.82) is 0 Å². The Hall–Kier alpha value is -1.72. The fraction of sp³-hybridized carbons (Fsp3) is 0.167. The Balaban J connectivity index is 1.89. The summed E-state index contributed by atoms with van der Waals surface area (Å²) in [5.41, 5.74) is 0.353. The van der Waals surface area contributed by atoms with Gasteiger partial charge in [0.15, 0.2) is 0 Å². The second-order valence-electron chi connectivity index (χ2n) is 3.46. The highest BCUT2D eigenvalue weighted by atomic mass is 32.1. The molecule has 0 aliphatic rings. The Bertz CT molecular complexity index is 471. The maximum absolute atomic E-state index is 11.6. The number of nitrogens with one attached hydrogen (secondary N) is 1. The number of aromatic nitrogens is 1. The van der Waals surface area contributed by atoms with E-state index in [0.717, 1.165) is 4.88 Å². The van der Waals surface area contributed by atoms with E-state index in [4.69, 9.17) is 0 Å². The molecule has 4 nitrogen and oxygen atoms in total. The van der Waals surface area contributed by atoms with Gasteiger partial charge in [0, 0.05) is 17.6 Å². The summed E-state index contributed by atoms with van der Waals surface area (Å²) in [5, 5.41) is 14.3. The number of carbonyl (C=O) groups is 1. The van der Waals surface area contributed by atoms with Crippen molar-refractivity contribution in [2.45, 2.75) is 6.10 Å². The third-order valence-electron chi connectivity index (χ3n) is 2.23. The van der Waals surface area contributed by atoms with Crippen LogP contribution in [0.2, 0.25) is 0 Å². The van der Waals surface area contributed by atoms with Crippen molar-refractivity contribution in [3.63, 3.8) is 0 Å². The molecule has 2 heterocycles. The molecule has 0 radical (unpaired) electrons. The Morgan fingerprint density at radius 2 is 2.29 bits per heavy atom. The standard InChI is InChI=1S/C12H12N2O2S/c15-10(11-5-3-7-17-11)8-14-12(16)9-4-1-2-6-13-9/h1-7,10,15H,8H2,(H,14,16). The topological polar surface area (TPSA) is 62.2 Å². The maximum Gasteiger partial charge on any atom is 0.269 e. The van der Waals surface area contributed by atoms with Crippen molar-refractivity contribution in [2.75, 3.05) is 6.54 Å². The summed E-state index contributed by atoms with van der Waals surface area (Å²) in [6, 6.07) is 8.83. The molecule has 1 unspecified atom stereocenters. The Morgan fingerprint density at radius 3 is 2.94 bits per heavy atom. The predicted molar refractivity (Wildman–Crippen MR) is 65.8 cm³/mol. The molecule has 88 valence electrons. The van der Waals surface area contributed by atoms with Gasteiger partial charge in [-0.2, -0.15) is 0 Å². The summed E-state index contributed by atoms with van der Waals surface area (Å²) in [5.74, 6) is -0.277. The smallest absolute Gasteiger partial charge is 0.269 e. The van der Waals surface area contributed by atoms with Gasteiger partial charge in [0.2, 0.25) is 0 Å². The fourth-order valence-electron chi connectivity index (χ4n) is 1.36. The summed E-state index contributed by atoms with van der Waals surface area (Å²) in [4.78, 5) is 16.4. The molecule has 0 spiro atoms. The zero-order chi connectivity index (χ0) is 12.1. The van der Waals surface area contributed by atoms with Gasteiger partial charge in [0.1, 0.15) is 11.8 Å². The first-order valence-electron chi connectivity index (χ1n) is 5.18. The summed E-state index contributed by atoms with van der Waals surface area (Å²) in [6.45, 7) is 0.190. The van der Waals surface area contributed by atoms with E-state index in [2.05, 4.69) is 10.3 Å². The van der Waals surface area contributed by atoms with Gasteiger partial charge < -0.3 is 10.4 Å². The SMILES string of the molecule is O=C(NCC(O)c1cccs1)c1ccccn1. The molecule has 5 heteroatoms. The van der Waals surface area contributed by atoms with Crippen LogP contribution >= 0.6 is 11.3 Å². The molecule has 0 bridgehead atoms. The molecule has 0 fully saturated rings. The Morgan fingerprint density at radius 1 is 1.41 bits per heavy atom. The molecule has 0 aliphatic heterocycles. The molecule has 1 amide bonds. The number of hydrogen-bond acceptors (Lipinski definition) is 4. The molecule has 17 heavy (non-hydrogen) atoms. The van der Waals surface area contributed by atoms with Crippen molar-refractivity contribution in [3.05, 3.63) is 52.5 Å². The summed E-state index contributed by atoms with van der Waals surface area (Å²) in [6.07, 6.45) is 0.896. The van der Waals surface area contributed by atoms with Gasteiger partial charge in [0.25, 0.3) is 5.91 Å². The number of amides is 1. The lowest BCUT2D eigenvalue weighted by Gasteiger charge is -2.09. The zero-order valence-corrected chi connectivity index (χ0v) is 9.85. The van der Waals surface area contributed by atoms with Crippen LogP contribution in [0.3, 0.4) is 0 Å². The third-order valence-corrected chi connectivity index (χ3v) is 3.20. The van der Waals surface area contributed by atoms with Crippen molar-refractivity contribution < 1.29 is 9.90 Å². The predicted octanol–water partition coefficient (Wildman–Crippen LogP) is 1.61. The zero-order valence-electron chi connectivity index (χ0n) is 9.04. The van der Waals surface area contributed by atoms with Crippen molar-refractivity contribution in [2.24, 2.45) is 0 Å². The highest BCUT2D eigenvalue weighted by Gasteiger charge is 2.11. The minimum atomic E-state index is -0.664. The van der Waals surface area contributed by atoms with Gasteiger partial charge in [-0.05, 0) is 23.6 Å². The number of aliphatic hydroxyl groups is 1. The van der Waals surface area contributed by atoms with E-state index in [1.807, 2.05) is 17.5 Å². The van der Waals surface area contributed by atoms with Crippen LogP contribution in [0.15, 0.2) is 41.9 Å². The molecule has 2 aromatic rings. The minimum absolute atomic E-state index is 0.190. The lowest BCUT2D eigenvalue weighted by Crippen LogP contribution is -2.28. The van der Waals surface area contributed by atoms with E-state index in [1.54, 1.807) is 24.4 Å². The number of thiophene rings is 1. The summed E-state index contributed by atoms with van der Waals surface area (Å²) in [7, 11) is 0. The maximum atomic E-state index is 11.6. The summed E-state index contributed by atoms with van der Waals surface area (Å²) >= 11 is 1.46. The highest BCUT2D eigenvalue weighted by Crippen LogP contribution is 2.17. The van der Waals surface area contributed by atoms with Crippen molar-refractivity contribution >= 4 is 17.2 Å². The number of aliphatic hydroxyl groups excluding tert-OH is 1. The van der Waals surface area contributed by atoms with Gasteiger partial charge in [-0.3, -0.25) is 9.78 Å². The molecule has 0 saturated carbocycles. The van der Waals surface area contributed by atoms with Crippen LogP contribution in [-0.4, -0.2) is 22.5 Å². The van der Waals surface area contributed by atoms with Gasteiger partial charge in [0.05, 0.1) is 0 Å². The van der Waals surface area contributed by atoms with Crippen LogP contribution in [0.1, 0.15) is 21.5 Å². The van der Waals surface area contributed by atoms with Gasteiger partial charge >= 0.3 is 0 Å². The number of hydrogen-bond donors (Lipinski definition) is 2. The van der Waals surface area contributed by atoms with E-state index < -0.39 is 6.10 Å². The number of rotatable bonds is 4. The van der Waals surface area contributed by atoms with E-state index in [-0.39, 0.29) is 12.5 Å². The average molecular weight is 248 g/mol. The molecule has 1 atom stereocenters. The van der Waals surface area contributed by atoms with Crippen LogP contribution in [0.5, 0.6) is 0 Å². The molecule has 2 N–H and O–H groups in total. The lowest BCUT2D eigenvalue weighted by atomic mass is 10.3. The quantitative estimate of drug-likeness (QED) is 0.864. The molecular formula is C12H12N2O2S. The summed E-state index contributed by atoms with van der Waals surface area (Å²) < 4.78 is 0. The Kier molecular flexibility index (Phi) is 3.85. The van der Waals surface area contributed by atoms with E-state index in [9.17, 15) is 9.90 Å². The molecule has 2 rings (SSSR count). The minimum Gasteiger partial charge on any atom is -0.386 e.